The third kappa shape index (κ3) is 4.16. The van der Waals surface area contributed by atoms with Gasteiger partial charge in [0.15, 0.2) is 0 Å². The highest BCUT2D eigenvalue weighted by Gasteiger charge is 2.30. The molecule has 4 heterocycles. The Kier molecular flexibility index (Phi) is 6.20. The molecule has 172 valence electrons. The number of aromatic nitrogens is 2. The second-order valence-electron chi connectivity index (χ2n) is 9.51. The number of carbonyl (C=O) groups excluding carboxylic acids is 1. The molecule has 2 N–H and O–H groups in total. The van der Waals surface area contributed by atoms with Crippen molar-refractivity contribution < 1.29 is 9.53 Å². The topological polar surface area (TPSA) is 71.4 Å². The Bertz CT molecular complexity index is 959. The molecule has 0 bridgehead atoms. The summed E-state index contributed by atoms with van der Waals surface area (Å²) in [6, 6.07) is 5.27. The number of carbonyl (C=O) groups is 1. The summed E-state index contributed by atoms with van der Waals surface area (Å²) >= 11 is 0. The number of hydrogen-bond donors (Lipinski definition) is 2. The van der Waals surface area contributed by atoms with Crippen molar-refractivity contribution in [3.05, 3.63) is 30.1 Å². The third-order valence-electron chi connectivity index (χ3n) is 7.27. The quantitative estimate of drug-likeness (QED) is 0.751. The van der Waals surface area contributed by atoms with Gasteiger partial charge < -0.3 is 20.3 Å². The number of rotatable bonds is 5. The van der Waals surface area contributed by atoms with E-state index in [1.165, 1.54) is 6.42 Å². The largest absolute Gasteiger partial charge is 0.491 e. The average molecular weight is 438 g/mol. The van der Waals surface area contributed by atoms with Gasteiger partial charge in [0.25, 0.3) is 0 Å². The number of amides is 1. The predicted molar refractivity (Wildman–Crippen MR) is 126 cm³/mol. The van der Waals surface area contributed by atoms with Crippen LogP contribution in [-0.2, 0) is 11.2 Å². The van der Waals surface area contributed by atoms with E-state index >= 15 is 0 Å². The van der Waals surface area contributed by atoms with Crippen molar-refractivity contribution in [3.8, 4) is 16.9 Å². The summed E-state index contributed by atoms with van der Waals surface area (Å²) in [5.41, 5.74) is 4.33. The standard InChI is InChI=1S/C25H35N5O2/c1-17-5-6-23-24(30(17)18(2)31)8-7-22(25(23)32-16-20-4-3-11-27-20)19-14-28-29(15-19)21-9-12-26-13-10-21/h7-8,14-15,17,20-21,26-27H,3-6,9-13,16H2,1-2H3/t17-,20+/m0/s1. The van der Waals surface area contributed by atoms with E-state index in [0.717, 1.165) is 79.9 Å². The highest BCUT2D eigenvalue weighted by atomic mass is 16.5. The van der Waals surface area contributed by atoms with Crippen LogP contribution in [0.5, 0.6) is 5.75 Å². The summed E-state index contributed by atoms with van der Waals surface area (Å²) in [6.45, 7) is 7.59. The molecule has 2 atom stereocenters. The lowest BCUT2D eigenvalue weighted by atomic mass is 9.92. The zero-order valence-electron chi connectivity index (χ0n) is 19.3. The van der Waals surface area contributed by atoms with E-state index in [1.807, 2.05) is 11.1 Å². The van der Waals surface area contributed by atoms with Crippen molar-refractivity contribution in [3.63, 3.8) is 0 Å². The Hall–Kier alpha value is -2.38. The molecule has 0 spiro atoms. The van der Waals surface area contributed by atoms with Gasteiger partial charge in [-0.15, -0.1) is 0 Å². The second-order valence-corrected chi connectivity index (χ2v) is 9.51. The number of hydrogen-bond acceptors (Lipinski definition) is 5. The van der Waals surface area contributed by atoms with E-state index in [-0.39, 0.29) is 11.9 Å². The molecule has 3 aliphatic rings. The first-order valence-electron chi connectivity index (χ1n) is 12.2. The van der Waals surface area contributed by atoms with E-state index in [0.29, 0.717) is 18.7 Å². The molecule has 3 aliphatic heterocycles. The fourth-order valence-corrected chi connectivity index (χ4v) is 5.51. The molecule has 0 aliphatic carbocycles. The number of anilines is 1. The monoisotopic (exact) mass is 437 g/mol. The minimum Gasteiger partial charge on any atom is -0.491 e. The fraction of sp³-hybridized carbons (Fsp3) is 0.600. The first-order chi connectivity index (χ1) is 15.6. The van der Waals surface area contributed by atoms with Gasteiger partial charge in [-0.3, -0.25) is 9.48 Å². The van der Waals surface area contributed by atoms with Crippen LogP contribution in [0, 0.1) is 0 Å². The fourth-order valence-electron chi connectivity index (χ4n) is 5.51. The zero-order valence-corrected chi connectivity index (χ0v) is 19.3. The number of fused-ring (bicyclic) bond motifs is 1. The van der Waals surface area contributed by atoms with E-state index in [1.54, 1.807) is 6.92 Å². The lowest BCUT2D eigenvalue weighted by Gasteiger charge is -2.36. The Balaban J connectivity index is 1.51. The van der Waals surface area contributed by atoms with Crippen LogP contribution in [0.15, 0.2) is 24.5 Å². The van der Waals surface area contributed by atoms with Gasteiger partial charge >= 0.3 is 0 Å². The lowest BCUT2D eigenvalue weighted by Crippen LogP contribution is -2.41. The maximum Gasteiger partial charge on any atom is 0.224 e. The Morgan fingerprint density at radius 3 is 2.78 bits per heavy atom. The molecule has 0 saturated carbocycles. The summed E-state index contributed by atoms with van der Waals surface area (Å²) in [5, 5.41) is 11.7. The van der Waals surface area contributed by atoms with Gasteiger partial charge in [0.05, 0.1) is 17.9 Å². The van der Waals surface area contributed by atoms with Crippen molar-refractivity contribution in [1.82, 2.24) is 20.4 Å². The van der Waals surface area contributed by atoms with Gasteiger partial charge in [-0.05, 0) is 77.2 Å². The summed E-state index contributed by atoms with van der Waals surface area (Å²) in [4.78, 5) is 14.4. The smallest absolute Gasteiger partial charge is 0.224 e. The first-order valence-corrected chi connectivity index (χ1v) is 12.2. The minimum absolute atomic E-state index is 0.0911. The van der Waals surface area contributed by atoms with E-state index < -0.39 is 0 Å². The van der Waals surface area contributed by atoms with Crippen molar-refractivity contribution in [1.29, 1.82) is 0 Å². The van der Waals surface area contributed by atoms with Gasteiger partial charge in [-0.1, -0.05) is 0 Å². The normalized spacial score (nSPS) is 23.9. The van der Waals surface area contributed by atoms with Gasteiger partial charge in [0.2, 0.25) is 5.91 Å². The molecule has 1 aromatic carbocycles. The summed E-state index contributed by atoms with van der Waals surface area (Å²) in [6.07, 6.45) is 10.6. The zero-order chi connectivity index (χ0) is 22.1. The lowest BCUT2D eigenvalue weighted by molar-refractivity contribution is -0.117. The van der Waals surface area contributed by atoms with Crippen molar-refractivity contribution in [2.75, 3.05) is 31.1 Å². The minimum atomic E-state index is 0.0911. The second kappa shape index (κ2) is 9.24. The van der Waals surface area contributed by atoms with E-state index in [4.69, 9.17) is 9.84 Å². The molecule has 5 rings (SSSR count). The summed E-state index contributed by atoms with van der Waals surface area (Å²) in [5.74, 6) is 1.02. The van der Waals surface area contributed by atoms with Crippen LogP contribution >= 0.6 is 0 Å². The van der Waals surface area contributed by atoms with Gasteiger partial charge in [-0.25, -0.2) is 0 Å². The molecule has 1 amide bonds. The van der Waals surface area contributed by atoms with Crippen LogP contribution < -0.4 is 20.3 Å². The molecule has 2 aromatic rings. The summed E-state index contributed by atoms with van der Waals surface area (Å²) in [7, 11) is 0. The molecular formula is C25H35N5O2. The SMILES string of the molecule is CC(=O)N1c2ccc(-c3cnn(C4CCNCC4)c3)c(OC[C@H]3CCCN3)c2CC[C@@H]1C. The number of piperidine rings is 1. The number of benzene rings is 1. The molecular weight excluding hydrogens is 402 g/mol. The van der Waals surface area contributed by atoms with Gasteiger partial charge in [0.1, 0.15) is 12.4 Å². The Labute approximate surface area is 190 Å². The Morgan fingerprint density at radius 2 is 2.03 bits per heavy atom. The van der Waals surface area contributed by atoms with Crippen LogP contribution in [0.1, 0.15) is 57.6 Å². The predicted octanol–water partition coefficient (Wildman–Crippen LogP) is 3.29. The molecule has 1 aromatic heterocycles. The van der Waals surface area contributed by atoms with Crippen LogP contribution in [0.4, 0.5) is 5.69 Å². The summed E-state index contributed by atoms with van der Waals surface area (Å²) < 4.78 is 8.67. The maximum atomic E-state index is 12.4. The molecule has 32 heavy (non-hydrogen) atoms. The van der Waals surface area contributed by atoms with E-state index in [2.05, 4.69) is 40.6 Å². The number of nitrogens with one attached hydrogen (secondary N) is 2. The molecule has 0 unspecified atom stereocenters. The van der Waals surface area contributed by atoms with Crippen LogP contribution in [0.3, 0.4) is 0 Å². The van der Waals surface area contributed by atoms with Crippen molar-refractivity contribution in [2.24, 2.45) is 0 Å². The average Bonchev–Trinajstić information content (AvgIpc) is 3.50. The highest BCUT2D eigenvalue weighted by Crippen LogP contribution is 2.43. The molecule has 0 radical (unpaired) electrons. The Morgan fingerprint density at radius 1 is 1.19 bits per heavy atom. The van der Waals surface area contributed by atoms with Crippen molar-refractivity contribution in [2.45, 2.75) is 70.5 Å². The van der Waals surface area contributed by atoms with Crippen LogP contribution in [0.2, 0.25) is 0 Å². The molecule has 2 saturated heterocycles. The van der Waals surface area contributed by atoms with Gasteiger partial charge in [0, 0.05) is 41.9 Å². The number of ether oxygens (including phenoxy) is 1. The third-order valence-corrected chi connectivity index (χ3v) is 7.27. The highest BCUT2D eigenvalue weighted by molar-refractivity contribution is 5.95. The molecule has 7 heteroatoms. The molecule has 2 fully saturated rings. The van der Waals surface area contributed by atoms with Crippen LogP contribution in [-0.4, -0.2) is 54.0 Å². The number of nitrogens with zero attached hydrogens (tertiary/aromatic N) is 3. The maximum absolute atomic E-state index is 12.4. The van der Waals surface area contributed by atoms with Crippen molar-refractivity contribution >= 4 is 11.6 Å². The first kappa shape index (κ1) is 21.5. The van der Waals surface area contributed by atoms with E-state index in [9.17, 15) is 4.79 Å². The van der Waals surface area contributed by atoms with Gasteiger partial charge in [-0.2, -0.15) is 5.10 Å². The van der Waals surface area contributed by atoms with Crippen LogP contribution in [0.25, 0.3) is 11.1 Å². The molecule has 7 nitrogen and oxygen atoms in total.